The van der Waals surface area contributed by atoms with Gasteiger partial charge in [-0.3, -0.25) is 0 Å². The molecule has 6 heteroatoms. The third-order valence-electron chi connectivity index (χ3n) is 2.92. The molecule has 0 aliphatic rings. The zero-order valence-corrected chi connectivity index (χ0v) is 12.9. The topological polar surface area (TPSA) is 76.1 Å². The van der Waals surface area contributed by atoms with Crippen molar-refractivity contribution in [3.63, 3.8) is 0 Å². The minimum Gasteiger partial charge on any atom is -0.467 e. The maximum Gasteiger partial charge on any atom is 0.328 e. The second-order valence-electron chi connectivity index (χ2n) is 4.63. The van der Waals surface area contributed by atoms with Gasteiger partial charge >= 0.3 is 5.97 Å². The van der Waals surface area contributed by atoms with Gasteiger partial charge in [0.25, 0.3) is 0 Å². The van der Waals surface area contributed by atoms with Crippen molar-refractivity contribution in [3.05, 3.63) is 11.4 Å². The summed E-state index contributed by atoms with van der Waals surface area (Å²) >= 11 is 0. The van der Waals surface area contributed by atoms with Gasteiger partial charge in [0.2, 0.25) is 0 Å². The average molecular weight is 280 g/mol. The number of hydrogen-bond donors (Lipinski definition) is 2. The van der Waals surface area contributed by atoms with E-state index in [1.807, 2.05) is 13.8 Å². The summed E-state index contributed by atoms with van der Waals surface area (Å²) in [6, 6.07) is -0.447. The zero-order chi connectivity index (χ0) is 15.1. The van der Waals surface area contributed by atoms with Crippen LogP contribution in [0.5, 0.6) is 0 Å². The number of carbonyl (C=O) groups is 1. The van der Waals surface area contributed by atoms with E-state index in [0.29, 0.717) is 5.82 Å². The van der Waals surface area contributed by atoms with Gasteiger partial charge in [-0.1, -0.05) is 6.92 Å². The number of anilines is 2. The Hall–Kier alpha value is -1.85. The highest BCUT2D eigenvalue weighted by Crippen LogP contribution is 2.21. The summed E-state index contributed by atoms with van der Waals surface area (Å²) in [5, 5.41) is 6.32. The number of hydrogen-bond acceptors (Lipinski definition) is 6. The molecule has 0 amide bonds. The summed E-state index contributed by atoms with van der Waals surface area (Å²) in [5.74, 6) is 1.95. The van der Waals surface area contributed by atoms with Gasteiger partial charge in [-0.25, -0.2) is 14.8 Å². The van der Waals surface area contributed by atoms with Gasteiger partial charge in [-0.05, 0) is 27.2 Å². The zero-order valence-electron chi connectivity index (χ0n) is 12.9. The molecule has 112 valence electrons. The molecule has 1 aromatic rings. The van der Waals surface area contributed by atoms with Crippen molar-refractivity contribution in [1.82, 2.24) is 9.97 Å². The van der Waals surface area contributed by atoms with Crippen molar-refractivity contribution in [2.24, 2.45) is 0 Å². The first kappa shape index (κ1) is 16.2. The SMILES string of the molecule is CCCc1nc(NCC)c(C)c(NC(C)C(=O)OC)n1. The summed E-state index contributed by atoms with van der Waals surface area (Å²) in [6.07, 6.45) is 1.78. The smallest absolute Gasteiger partial charge is 0.328 e. The standard InChI is InChI=1S/C14H24N4O2/c1-6-8-11-17-12(15-7-2)9(3)13(18-11)16-10(4)14(19)20-5/h10H,6-8H2,1-5H3,(H2,15,16,17,18). The lowest BCUT2D eigenvalue weighted by Gasteiger charge is -2.17. The fourth-order valence-electron chi connectivity index (χ4n) is 1.82. The highest BCUT2D eigenvalue weighted by molar-refractivity contribution is 5.79. The molecule has 0 aliphatic carbocycles. The number of methoxy groups -OCH3 is 1. The normalized spacial score (nSPS) is 11.8. The Morgan fingerprint density at radius 2 is 1.95 bits per heavy atom. The summed E-state index contributed by atoms with van der Waals surface area (Å²) in [5.41, 5.74) is 0.905. The number of nitrogens with zero attached hydrogens (tertiary/aromatic N) is 2. The van der Waals surface area contributed by atoms with E-state index in [-0.39, 0.29) is 5.97 Å². The van der Waals surface area contributed by atoms with E-state index in [9.17, 15) is 4.79 Å². The predicted octanol–water partition coefficient (Wildman–Crippen LogP) is 2.14. The number of carbonyl (C=O) groups excluding carboxylic acids is 1. The highest BCUT2D eigenvalue weighted by atomic mass is 16.5. The summed E-state index contributed by atoms with van der Waals surface area (Å²) in [4.78, 5) is 20.5. The third kappa shape index (κ3) is 4.08. The van der Waals surface area contributed by atoms with Crippen LogP contribution in [0, 0.1) is 6.92 Å². The van der Waals surface area contributed by atoms with Crippen molar-refractivity contribution in [2.75, 3.05) is 24.3 Å². The van der Waals surface area contributed by atoms with Crippen molar-refractivity contribution in [2.45, 2.75) is 46.6 Å². The third-order valence-corrected chi connectivity index (χ3v) is 2.92. The molecule has 20 heavy (non-hydrogen) atoms. The summed E-state index contributed by atoms with van der Waals surface area (Å²) in [6.45, 7) is 8.57. The number of aromatic nitrogens is 2. The number of ether oxygens (including phenoxy) is 1. The number of esters is 1. The second kappa shape index (κ2) is 7.67. The van der Waals surface area contributed by atoms with Crippen LogP contribution in [0.15, 0.2) is 0 Å². The van der Waals surface area contributed by atoms with Gasteiger partial charge in [0.05, 0.1) is 7.11 Å². The minimum atomic E-state index is -0.447. The Morgan fingerprint density at radius 1 is 1.30 bits per heavy atom. The van der Waals surface area contributed by atoms with E-state index in [4.69, 9.17) is 4.74 Å². The highest BCUT2D eigenvalue weighted by Gasteiger charge is 2.17. The predicted molar refractivity (Wildman–Crippen MR) is 80.0 cm³/mol. The molecule has 0 saturated heterocycles. The van der Waals surface area contributed by atoms with Crippen molar-refractivity contribution in [3.8, 4) is 0 Å². The maximum absolute atomic E-state index is 11.5. The minimum absolute atomic E-state index is 0.315. The first-order chi connectivity index (χ1) is 9.53. The molecule has 0 bridgehead atoms. The molecule has 1 atom stereocenters. The lowest BCUT2D eigenvalue weighted by atomic mass is 10.2. The van der Waals surface area contributed by atoms with E-state index in [1.165, 1.54) is 7.11 Å². The van der Waals surface area contributed by atoms with Crippen LogP contribution in [-0.2, 0) is 16.0 Å². The molecule has 0 saturated carbocycles. The molecule has 0 spiro atoms. The van der Waals surface area contributed by atoms with Crippen LogP contribution in [0.25, 0.3) is 0 Å². The van der Waals surface area contributed by atoms with Gasteiger partial charge in [0.15, 0.2) is 0 Å². The molecule has 1 rings (SSSR count). The first-order valence-corrected chi connectivity index (χ1v) is 6.99. The Morgan fingerprint density at radius 3 is 2.50 bits per heavy atom. The molecule has 1 aromatic heterocycles. The fourth-order valence-corrected chi connectivity index (χ4v) is 1.82. The quantitative estimate of drug-likeness (QED) is 0.745. The second-order valence-corrected chi connectivity index (χ2v) is 4.63. The largest absolute Gasteiger partial charge is 0.467 e. The van der Waals surface area contributed by atoms with Gasteiger partial charge < -0.3 is 15.4 Å². The molecule has 0 fully saturated rings. The molecule has 0 aromatic carbocycles. The summed E-state index contributed by atoms with van der Waals surface area (Å²) < 4.78 is 4.72. The monoisotopic (exact) mass is 280 g/mol. The Kier molecular flexibility index (Phi) is 6.21. The molecular formula is C14H24N4O2. The summed E-state index contributed by atoms with van der Waals surface area (Å²) in [7, 11) is 1.37. The Bertz CT molecular complexity index is 463. The fraction of sp³-hybridized carbons (Fsp3) is 0.643. The molecule has 0 radical (unpaired) electrons. The van der Waals surface area contributed by atoms with Crippen LogP contribution in [0.2, 0.25) is 0 Å². The number of rotatable bonds is 7. The van der Waals surface area contributed by atoms with Crippen LogP contribution in [-0.4, -0.2) is 35.6 Å². The van der Waals surface area contributed by atoms with E-state index in [0.717, 1.165) is 36.6 Å². The first-order valence-electron chi connectivity index (χ1n) is 6.99. The van der Waals surface area contributed by atoms with Crippen LogP contribution in [0.1, 0.15) is 38.6 Å². The lowest BCUT2D eigenvalue weighted by molar-refractivity contribution is -0.141. The molecule has 1 unspecified atom stereocenters. The van der Waals surface area contributed by atoms with Crippen molar-refractivity contribution in [1.29, 1.82) is 0 Å². The maximum atomic E-state index is 11.5. The van der Waals surface area contributed by atoms with Gasteiger partial charge in [0.1, 0.15) is 23.5 Å². The molecule has 1 heterocycles. The Balaban J connectivity index is 3.06. The van der Waals surface area contributed by atoms with E-state index in [2.05, 4.69) is 27.5 Å². The van der Waals surface area contributed by atoms with Gasteiger partial charge in [-0.15, -0.1) is 0 Å². The van der Waals surface area contributed by atoms with Crippen molar-refractivity contribution < 1.29 is 9.53 Å². The van der Waals surface area contributed by atoms with Crippen LogP contribution in [0.3, 0.4) is 0 Å². The molecular weight excluding hydrogens is 256 g/mol. The van der Waals surface area contributed by atoms with Crippen molar-refractivity contribution >= 4 is 17.6 Å². The van der Waals surface area contributed by atoms with Crippen LogP contribution >= 0.6 is 0 Å². The molecule has 0 aliphatic heterocycles. The van der Waals surface area contributed by atoms with Gasteiger partial charge in [-0.2, -0.15) is 0 Å². The van der Waals surface area contributed by atoms with E-state index >= 15 is 0 Å². The lowest BCUT2D eigenvalue weighted by Crippen LogP contribution is -2.28. The number of aryl methyl sites for hydroxylation is 1. The van der Waals surface area contributed by atoms with E-state index in [1.54, 1.807) is 6.92 Å². The number of nitrogens with one attached hydrogen (secondary N) is 2. The van der Waals surface area contributed by atoms with E-state index < -0.39 is 6.04 Å². The van der Waals surface area contributed by atoms with Crippen LogP contribution in [0.4, 0.5) is 11.6 Å². The molecule has 2 N–H and O–H groups in total. The Labute approximate surface area is 120 Å². The average Bonchev–Trinajstić information content (AvgIpc) is 2.43. The molecule has 6 nitrogen and oxygen atoms in total. The van der Waals surface area contributed by atoms with Crippen LogP contribution < -0.4 is 10.6 Å². The van der Waals surface area contributed by atoms with Gasteiger partial charge in [0, 0.05) is 18.5 Å².